The van der Waals surface area contributed by atoms with Crippen molar-refractivity contribution in [2.24, 2.45) is 0 Å². The first-order chi connectivity index (χ1) is 11.2. The minimum absolute atomic E-state index is 0.176. The highest BCUT2D eigenvalue weighted by Crippen LogP contribution is 2.42. The number of halogens is 1. The Morgan fingerprint density at radius 1 is 1.04 bits per heavy atom. The fourth-order valence-electron chi connectivity index (χ4n) is 3.49. The van der Waals surface area contributed by atoms with Crippen LogP contribution in [0.15, 0.2) is 54.7 Å². The molecule has 23 heavy (non-hydrogen) atoms. The third-order valence-corrected chi connectivity index (χ3v) is 4.73. The van der Waals surface area contributed by atoms with Gasteiger partial charge in [-0.25, -0.2) is 4.39 Å². The summed E-state index contributed by atoms with van der Waals surface area (Å²) in [6.07, 6.45) is 2.46. The minimum atomic E-state index is -0.289. The van der Waals surface area contributed by atoms with Gasteiger partial charge in [-0.05, 0) is 39.9 Å². The van der Waals surface area contributed by atoms with E-state index >= 15 is 0 Å². The lowest BCUT2D eigenvalue weighted by molar-refractivity contribution is 0.590. The Balaban J connectivity index is 1.82. The highest BCUT2D eigenvalue weighted by Gasteiger charge is 2.24. The van der Waals surface area contributed by atoms with Gasteiger partial charge in [0.15, 0.2) is 0 Å². The number of rotatable bonds is 2. The van der Waals surface area contributed by atoms with Crippen LogP contribution in [0.2, 0.25) is 0 Å². The number of fused-ring (bicyclic) bond motifs is 3. The second-order valence-corrected chi connectivity index (χ2v) is 6.02. The molecule has 0 amide bonds. The third-order valence-electron chi connectivity index (χ3n) is 4.73. The summed E-state index contributed by atoms with van der Waals surface area (Å²) in [4.78, 5) is 4.20. The van der Waals surface area contributed by atoms with Crippen LogP contribution in [-0.2, 0) is 6.42 Å². The average Bonchev–Trinajstić information content (AvgIpc) is 2.95. The monoisotopic (exact) mass is 304 g/mol. The van der Waals surface area contributed by atoms with Gasteiger partial charge in [-0.1, -0.05) is 43.3 Å². The maximum atomic E-state index is 14.0. The summed E-state index contributed by atoms with van der Waals surface area (Å²) < 4.78 is 14.0. The minimum Gasteiger partial charge on any atom is -0.398 e. The van der Waals surface area contributed by atoms with E-state index in [4.69, 9.17) is 5.73 Å². The number of anilines is 1. The van der Waals surface area contributed by atoms with Crippen molar-refractivity contribution >= 4 is 5.69 Å². The van der Waals surface area contributed by atoms with Crippen molar-refractivity contribution in [2.75, 3.05) is 5.73 Å². The molecule has 0 radical (unpaired) electrons. The van der Waals surface area contributed by atoms with Gasteiger partial charge in [-0.3, -0.25) is 4.98 Å². The first-order valence-electron chi connectivity index (χ1n) is 7.76. The van der Waals surface area contributed by atoms with E-state index < -0.39 is 0 Å². The van der Waals surface area contributed by atoms with E-state index in [1.54, 1.807) is 12.3 Å². The smallest absolute Gasteiger partial charge is 0.145 e. The number of pyridine rings is 1. The largest absolute Gasteiger partial charge is 0.398 e. The average molecular weight is 304 g/mol. The first kappa shape index (κ1) is 13.9. The molecule has 2 aromatic carbocycles. The Kier molecular flexibility index (Phi) is 3.15. The van der Waals surface area contributed by atoms with E-state index in [0.717, 1.165) is 23.2 Å². The number of nitrogens with two attached hydrogens (primary N) is 1. The molecule has 0 saturated carbocycles. The zero-order valence-electron chi connectivity index (χ0n) is 12.9. The lowest BCUT2D eigenvalue weighted by atomic mass is 9.91. The van der Waals surface area contributed by atoms with Gasteiger partial charge in [0, 0.05) is 24.2 Å². The number of nitrogens with zero attached hydrogens (tertiary/aromatic N) is 1. The Morgan fingerprint density at radius 3 is 2.70 bits per heavy atom. The molecule has 1 atom stereocenters. The quantitative estimate of drug-likeness (QED) is 0.553. The molecule has 0 spiro atoms. The van der Waals surface area contributed by atoms with Crippen LogP contribution in [0.25, 0.3) is 11.1 Å². The molecule has 0 fully saturated rings. The molecule has 0 aliphatic heterocycles. The molecule has 2 N–H and O–H groups in total. The van der Waals surface area contributed by atoms with Crippen molar-refractivity contribution in [3.05, 3.63) is 82.9 Å². The predicted octanol–water partition coefficient (Wildman–Crippen LogP) is 4.53. The molecule has 3 aromatic rings. The highest BCUT2D eigenvalue weighted by atomic mass is 19.1. The van der Waals surface area contributed by atoms with Crippen LogP contribution in [0.3, 0.4) is 0 Å². The summed E-state index contributed by atoms with van der Waals surface area (Å²) in [5, 5.41) is 0. The van der Waals surface area contributed by atoms with Gasteiger partial charge in [0.05, 0.1) is 5.69 Å². The topological polar surface area (TPSA) is 38.9 Å². The second kappa shape index (κ2) is 5.20. The molecule has 1 aromatic heterocycles. The molecule has 0 saturated heterocycles. The highest BCUT2D eigenvalue weighted by molar-refractivity contribution is 5.82. The van der Waals surface area contributed by atoms with E-state index in [0.29, 0.717) is 5.69 Å². The fraction of sp³-hybridized carbons (Fsp3) is 0.150. The maximum Gasteiger partial charge on any atom is 0.145 e. The third kappa shape index (κ3) is 2.12. The lowest BCUT2D eigenvalue weighted by Crippen LogP contribution is -2.07. The molecular weight excluding hydrogens is 287 g/mol. The Bertz CT molecular complexity index is 902. The van der Waals surface area contributed by atoms with Crippen LogP contribution in [0.1, 0.15) is 35.2 Å². The molecule has 0 unspecified atom stereocenters. The van der Waals surface area contributed by atoms with E-state index in [1.165, 1.54) is 22.8 Å². The Morgan fingerprint density at radius 2 is 1.87 bits per heavy atom. The van der Waals surface area contributed by atoms with E-state index in [2.05, 4.69) is 23.2 Å². The molecule has 3 heteroatoms. The van der Waals surface area contributed by atoms with Gasteiger partial charge >= 0.3 is 0 Å². The molecule has 114 valence electrons. The summed E-state index contributed by atoms with van der Waals surface area (Å²) in [7, 11) is 0. The van der Waals surface area contributed by atoms with Gasteiger partial charge in [-0.2, -0.15) is 0 Å². The number of hydrogen-bond donors (Lipinski definition) is 1. The SMILES string of the molecule is C[C@@H](c1ccc2c(c1N)Cc1ccccc1-2)c1ncccc1F. The molecule has 1 heterocycles. The second-order valence-electron chi connectivity index (χ2n) is 6.02. The summed E-state index contributed by atoms with van der Waals surface area (Å²) in [5.74, 6) is -0.464. The van der Waals surface area contributed by atoms with Crippen LogP contribution >= 0.6 is 0 Å². The van der Waals surface area contributed by atoms with Crippen LogP contribution < -0.4 is 5.73 Å². The maximum absolute atomic E-state index is 14.0. The Labute approximate surface area is 134 Å². The zero-order valence-corrected chi connectivity index (χ0v) is 12.9. The van der Waals surface area contributed by atoms with Crippen LogP contribution in [0.5, 0.6) is 0 Å². The predicted molar refractivity (Wildman–Crippen MR) is 90.8 cm³/mol. The van der Waals surface area contributed by atoms with Crippen molar-refractivity contribution in [3.63, 3.8) is 0 Å². The van der Waals surface area contributed by atoms with Crippen molar-refractivity contribution in [3.8, 4) is 11.1 Å². The number of nitrogen functional groups attached to an aromatic ring is 1. The van der Waals surface area contributed by atoms with E-state index in [1.807, 2.05) is 25.1 Å². The van der Waals surface area contributed by atoms with Gasteiger partial charge in [-0.15, -0.1) is 0 Å². The van der Waals surface area contributed by atoms with Crippen molar-refractivity contribution in [1.29, 1.82) is 0 Å². The van der Waals surface area contributed by atoms with Gasteiger partial charge in [0.25, 0.3) is 0 Å². The molecule has 4 rings (SSSR count). The summed E-state index contributed by atoms with van der Waals surface area (Å²) >= 11 is 0. The standard InChI is InChI=1S/C20H17FN2/c1-12(20-18(21)7-4-10-23-20)14-8-9-16-15-6-3-2-5-13(15)11-17(16)19(14)22/h2-10,12H,11,22H2,1H3/t12-/m0/s1. The summed E-state index contributed by atoms with van der Waals surface area (Å²) in [6, 6.07) is 15.5. The van der Waals surface area contributed by atoms with Crippen molar-refractivity contribution in [2.45, 2.75) is 19.3 Å². The van der Waals surface area contributed by atoms with E-state index in [-0.39, 0.29) is 11.7 Å². The number of benzene rings is 2. The molecule has 1 aliphatic rings. The molecular formula is C20H17FN2. The van der Waals surface area contributed by atoms with Crippen molar-refractivity contribution < 1.29 is 4.39 Å². The number of hydrogen-bond acceptors (Lipinski definition) is 2. The van der Waals surface area contributed by atoms with Gasteiger partial charge in [0.2, 0.25) is 0 Å². The summed E-state index contributed by atoms with van der Waals surface area (Å²) in [6.45, 7) is 1.95. The first-order valence-corrected chi connectivity index (χ1v) is 7.76. The zero-order chi connectivity index (χ0) is 16.0. The summed E-state index contributed by atoms with van der Waals surface area (Å²) in [5.41, 5.74) is 13.5. The molecule has 1 aliphatic carbocycles. The van der Waals surface area contributed by atoms with Crippen LogP contribution in [0, 0.1) is 5.82 Å². The van der Waals surface area contributed by atoms with Crippen LogP contribution in [-0.4, -0.2) is 4.98 Å². The normalized spacial score (nSPS) is 13.5. The van der Waals surface area contributed by atoms with Gasteiger partial charge in [0.1, 0.15) is 5.82 Å². The number of aromatic nitrogens is 1. The van der Waals surface area contributed by atoms with Gasteiger partial charge < -0.3 is 5.73 Å². The van der Waals surface area contributed by atoms with E-state index in [9.17, 15) is 4.39 Å². The van der Waals surface area contributed by atoms with Crippen LogP contribution in [0.4, 0.5) is 10.1 Å². The molecule has 2 nitrogen and oxygen atoms in total. The van der Waals surface area contributed by atoms with Crippen molar-refractivity contribution in [1.82, 2.24) is 4.98 Å². The lowest BCUT2D eigenvalue weighted by Gasteiger charge is -2.17. The fourth-order valence-corrected chi connectivity index (χ4v) is 3.49. The Hall–Kier alpha value is -2.68. The molecule has 0 bridgehead atoms.